The first-order chi connectivity index (χ1) is 35.6. The lowest BCUT2D eigenvalue weighted by atomic mass is 9.95. The summed E-state index contributed by atoms with van der Waals surface area (Å²) in [5.74, 6) is 1.43. The SMILES string of the molecule is c1ccc(-c2ccc(-c3nc(-c4cccc(-c5cccc(-c6cccc(-c7cccc(-c8nc(-c9ccc%10ccccc%10c9)c9sc%10ccccc%10c9n8)c7)c6)c5)c4)c4sc5ccccc5c4n3)cc2)cc1. The first-order valence-electron chi connectivity index (χ1n) is 24.1. The number of nitrogens with zero attached hydrogens (tertiary/aromatic N) is 4. The van der Waals surface area contributed by atoms with Crippen LogP contribution in [-0.4, -0.2) is 19.9 Å². The van der Waals surface area contributed by atoms with E-state index in [1.807, 2.05) is 6.07 Å². The standard InChI is InChI=1S/C66H40N4S2/c1-2-14-41(15-3-1)43-30-33-44(34-31-43)65-67-59(63-61(69-65)55-26-6-8-28-57(55)71-63)52-24-12-22-50(39-52)48-20-10-18-46(36-48)47-19-11-21-49(37-47)51-23-13-25-54(40-51)66-68-60(53-35-32-42-16-4-5-17-45(42)38-53)64-62(70-66)56-27-7-9-29-58(56)72-64/h1-40H. The Balaban J connectivity index is 0.809. The van der Waals surface area contributed by atoms with E-state index in [1.165, 1.54) is 25.7 Å². The Labute approximate surface area is 423 Å². The fourth-order valence-corrected chi connectivity index (χ4v) is 12.4. The van der Waals surface area contributed by atoms with Gasteiger partial charge in [-0.2, -0.15) is 0 Å². The average molecular weight is 953 g/mol. The van der Waals surface area contributed by atoms with Gasteiger partial charge in [-0.3, -0.25) is 0 Å². The van der Waals surface area contributed by atoms with Gasteiger partial charge in [0.15, 0.2) is 11.6 Å². The summed E-state index contributed by atoms with van der Waals surface area (Å²) in [6.45, 7) is 0. The average Bonchev–Trinajstić information content (AvgIpc) is 4.04. The van der Waals surface area contributed by atoms with Crippen LogP contribution >= 0.6 is 22.7 Å². The molecule has 0 aliphatic carbocycles. The van der Waals surface area contributed by atoms with Crippen LogP contribution < -0.4 is 0 Å². The summed E-state index contributed by atoms with van der Waals surface area (Å²) in [7, 11) is 0. The molecule has 0 fully saturated rings. The molecule has 0 N–H and O–H groups in total. The molecule has 0 saturated heterocycles. The summed E-state index contributed by atoms with van der Waals surface area (Å²) in [6, 6.07) is 86.4. The maximum atomic E-state index is 5.36. The molecule has 0 aliphatic heterocycles. The zero-order valence-corrected chi connectivity index (χ0v) is 40.3. The highest BCUT2D eigenvalue weighted by molar-refractivity contribution is 7.26. The van der Waals surface area contributed by atoms with Crippen molar-refractivity contribution in [2.45, 2.75) is 0 Å². The largest absolute Gasteiger partial charge is 0.226 e. The van der Waals surface area contributed by atoms with Crippen molar-refractivity contribution >= 4 is 74.1 Å². The minimum Gasteiger partial charge on any atom is -0.226 e. The molecule has 0 atom stereocenters. The molecule has 72 heavy (non-hydrogen) atoms. The van der Waals surface area contributed by atoms with E-state index in [9.17, 15) is 0 Å². The number of rotatable bonds is 8. The zero-order chi connectivity index (χ0) is 47.5. The summed E-state index contributed by atoms with van der Waals surface area (Å²) in [5, 5.41) is 4.70. The van der Waals surface area contributed by atoms with E-state index in [2.05, 4.69) is 237 Å². The molecule has 0 unspecified atom stereocenters. The highest BCUT2D eigenvalue weighted by Crippen LogP contribution is 2.43. The third-order valence-electron chi connectivity index (χ3n) is 13.7. The van der Waals surface area contributed by atoms with E-state index < -0.39 is 0 Å². The number of aromatic nitrogens is 4. The molecule has 336 valence electrons. The van der Waals surface area contributed by atoms with Gasteiger partial charge in [0.1, 0.15) is 0 Å². The van der Waals surface area contributed by atoms with Crippen LogP contribution in [0.15, 0.2) is 243 Å². The smallest absolute Gasteiger partial charge is 0.160 e. The maximum absolute atomic E-state index is 5.36. The van der Waals surface area contributed by atoms with Gasteiger partial charge in [0.25, 0.3) is 0 Å². The predicted molar refractivity (Wildman–Crippen MR) is 304 cm³/mol. The number of hydrogen-bond donors (Lipinski definition) is 0. The second-order valence-corrected chi connectivity index (χ2v) is 20.3. The minimum absolute atomic E-state index is 0.714. The molecule has 0 spiro atoms. The quantitative estimate of drug-likeness (QED) is 0.152. The molecule has 4 aromatic heterocycles. The van der Waals surface area contributed by atoms with Crippen molar-refractivity contribution in [2.75, 3.05) is 0 Å². The lowest BCUT2D eigenvalue weighted by molar-refractivity contribution is 1.24. The summed E-state index contributed by atoms with van der Waals surface area (Å²) in [6.07, 6.45) is 0. The fraction of sp³-hybridized carbons (Fsp3) is 0. The molecule has 14 aromatic rings. The van der Waals surface area contributed by atoms with Crippen molar-refractivity contribution in [3.63, 3.8) is 0 Å². The second kappa shape index (κ2) is 17.5. The third-order valence-corrected chi connectivity index (χ3v) is 16.0. The molecule has 0 saturated carbocycles. The summed E-state index contributed by atoms with van der Waals surface area (Å²) in [4.78, 5) is 21.2. The zero-order valence-electron chi connectivity index (χ0n) is 38.7. The van der Waals surface area contributed by atoms with Crippen LogP contribution in [0.1, 0.15) is 0 Å². The summed E-state index contributed by atoms with van der Waals surface area (Å²) >= 11 is 3.52. The maximum Gasteiger partial charge on any atom is 0.160 e. The number of fused-ring (bicyclic) bond motifs is 7. The first-order valence-corrected chi connectivity index (χ1v) is 25.7. The number of thiophene rings is 2. The second-order valence-electron chi connectivity index (χ2n) is 18.2. The van der Waals surface area contributed by atoms with Crippen molar-refractivity contribution in [2.24, 2.45) is 0 Å². The van der Waals surface area contributed by atoms with E-state index in [1.54, 1.807) is 22.7 Å². The van der Waals surface area contributed by atoms with Crippen LogP contribution in [-0.2, 0) is 0 Å². The molecule has 14 rings (SSSR count). The highest BCUT2D eigenvalue weighted by Gasteiger charge is 2.20. The molecule has 10 aromatic carbocycles. The van der Waals surface area contributed by atoms with Gasteiger partial charge in [-0.15, -0.1) is 22.7 Å². The van der Waals surface area contributed by atoms with Crippen LogP contribution in [0.2, 0.25) is 0 Å². The fourth-order valence-electron chi connectivity index (χ4n) is 10.1. The predicted octanol–water partition coefficient (Wildman–Crippen LogP) is 18.5. The lowest BCUT2D eigenvalue weighted by Crippen LogP contribution is -1.94. The molecular weight excluding hydrogens is 913 g/mol. The highest BCUT2D eigenvalue weighted by atomic mass is 32.1. The van der Waals surface area contributed by atoms with Crippen LogP contribution in [0.5, 0.6) is 0 Å². The molecule has 0 radical (unpaired) electrons. The number of hydrogen-bond acceptors (Lipinski definition) is 6. The Kier molecular flexibility index (Phi) is 10.2. The van der Waals surface area contributed by atoms with Crippen molar-refractivity contribution < 1.29 is 0 Å². The number of benzene rings is 10. The van der Waals surface area contributed by atoms with E-state index in [0.29, 0.717) is 11.6 Å². The monoisotopic (exact) mass is 952 g/mol. The van der Waals surface area contributed by atoms with Crippen LogP contribution in [0.25, 0.3) is 141 Å². The first kappa shape index (κ1) is 42.0. The van der Waals surface area contributed by atoms with Gasteiger partial charge < -0.3 is 0 Å². The van der Waals surface area contributed by atoms with Gasteiger partial charge in [0, 0.05) is 42.4 Å². The summed E-state index contributed by atoms with van der Waals surface area (Å²) in [5.41, 5.74) is 17.1. The van der Waals surface area contributed by atoms with E-state index in [-0.39, 0.29) is 0 Å². The van der Waals surface area contributed by atoms with E-state index >= 15 is 0 Å². The Bertz CT molecular complexity index is 4400. The van der Waals surface area contributed by atoms with Crippen molar-refractivity contribution in [3.8, 4) is 89.8 Å². The van der Waals surface area contributed by atoms with E-state index in [4.69, 9.17) is 19.9 Å². The van der Waals surface area contributed by atoms with Gasteiger partial charge in [0.05, 0.1) is 31.8 Å². The van der Waals surface area contributed by atoms with Gasteiger partial charge in [-0.05, 0) is 97.7 Å². The molecule has 4 nitrogen and oxygen atoms in total. The van der Waals surface area contributed by atoms with Crippen LogP contribution in [0.4, 0.5) is 0 Å². The Morgan fingerprint density at radius 3 is 1.18 bits per heavy atom. The van der Waals surface area contributed by atoms with E-state index in [0.717, 1.165) is 104 Å². The Morgan fingerprint density at radius 2 is 0.611 bits per heavy atom. The molecule has 0 aliphatic rings. The van der Waals surface area contributed by atoms with Gasteiger partial charge in [-0.1, -0.05) is 200 Å². The van der Waals surface area contributed by atoms with Gasteiger partial charge >= 0.3 is 0 Å². The topological polar surface area (TPSA) is 51.6 Å². The van der Waals surface area contributed by atoms with Crippen molar-refractivity contribution in [1.82, 2.24) is 19.9 Å². The van der Waals surface area contributed by atoms with Crippen LogP contribution in [0, 0.1) is 0 Å². The Hall–Kier alpha value is -8.94. The molecule has 4 heterocycles. The van der Waals surface area contributed by atoms with Crippen molar-refractivity contribution in [3.05, 3.63) is 243 Å². The lowest BCUT2D eigenvalue weighted by Gasteiger charge is -2.12. The third kappa shape index (κ3) is 7.53. The molecule has 0 bridgehead atoms. The van der Waals surface area contributed by atoms with Crippen LogP contribution in [0.3, 0.4) is 0 Å². The van der Waals surface area contributed by atoms with Crippen molar-refractivity contribution in [1.29, 1.82) is 0 Å². The minimum atomic E-state index is 0.714. The Morgan fingerprint density at radius 1 is 0.236 bits per heavy atom. The normalized spacial score (nSPS) is 11.6. The molecule has 6 heteroatoms. The van der Waals surface area contributed by atoms with Gasteiger partial charge in [0.2, 0.25) is 0 Å². The molecule has 0 amide bonds. The summed E-state index contributed by atoms with van der Waals surface area (Å²) < 4.78 is 4.60. The van der Waals surface area contributed by atoms with Gasteiger partial charge in [-0.25, -0.2) is 19.9 Å². The molecular formula is C66H40N4S2.